The first-order chi connectivity index (χ1) is 13.4. The molecule has 0 spiro atoms. The minimum Gasteiger partial charge on any atom is -0.480 e. The Labute approximate surface area is 167 Å². The Morgan fingerprint density at radius 3 is 2.43 bits per heavy atom. The van der Waals surface area contributed by atoms with E-state index in [9.17, 15) is 0 Å². The number of aryl methyl sites for hydroxylation is 2. The van der Waals surface area contributed by atoms with Gasteiger partial charge in [-0.3, -0.25) is 0 Å². The van der Waals surface area contributed by atoms with Gasteiger partial charge in [0.1, 0.15) is 0 Å². The van der Waals surface area contributed by atoms with Crippen LogP contribution in [0.3, 0.4) is 0 Å². The van der Waals surface area contributed by atoms with Crippen LogP contribution in [0.1, 0.15) is 56.0 Å². The molecule has 150 valence electrons. The van der Waals surface area contributed by atoms with E-state index in [1.807, 2.05) is 0 Å². The molecule has 0 aliphatic carbocycles. The topological polar surface area (TPSA) is 49.2 Å². The van der Waals surface area contributed by atoms with Crippen molar-refractivity contribution in [2.75, 3.05) is 20.8 Å². The summed E-state index contributed by atoms with van der Waals surface area (Å²) in [7, 11) is 3.42. The third-order valence-corrected chi connectivity index (χ3v) is 5.32. The van der Waals surface area contributed by atoms with Gasteiger partial charge < -0.3 is 14.0 Å². The van der Waals surface area contributed by atoms with Crippen molar-refractivity contribution in [2.24, 2.45) is 0 Å². The van der Waals surface area contributed by atoms with Crippen LogP contribution in [0, 0.1) is 13.8 Å². The first kappa shape index (κ1) is 20.3. The molecule has 0 unspecified atom stereocenters. The summed E-state index contributed by atoms with van der Waals surface area (Å²) in [6, 6.07) is 6.67. The summed E-state index contributed by atoms with van der Waals surface area (Å²) in [5.41, 5.74) is 7.31. The van der Waals surface area contributed by atoms with Crippen LogP contribution in [0.15, 0.2) is 24.4 Å². The lowest BCUT2D eigenvalue weighted by Crippen LogP contribution is -2.13. The quantitative estimate of drug-likeness (QED) is 0.546. The van der Waals surface area contributed by atoms with Crippen LogP contribution in [-0.4, -0.2) is 35.4 Å². The average molecular weight is 382 g/mol. The fraction of sp³-hybridized carbons (Fsp3) is 0.478. The molecule has 28 heavy (non-hydrogen) atoms. The summed E-state index contributed by atoms with van der Waals surface area (Å²) < 4.78 is 13.3. The smallest absolute Gasteiger partial charge is 0.222 e. The molecule has 0 aliphatic rings. The molecule has 3 aromatic heterocycles. The van der Waals surface area contributed by atoms with Gasteiger partial charge in [-0.25, -0.2) is 9.97 Å². The molecule has 0 aliphatic heterocycles. The van der Waals surface area contributed by atoms with Crippen LogP contribution >= 0.6 is 0 Å². The lowest BCUT2D eigenvalue weighted by molar-refractivity contribution is 0.155. The van der Waals surface area contributed by atoms with Gasteiger partial charge in [-0.1, -0.05) is 20.8 Å². The molecular formula is C23H31N3O2. The van der Waals surface area contributed by atoms with E-state index in [-0.39, 0.29) is 0 Å². The lowest BCUT2D eigenvalue weighted by Gasteiger charge is -2.18. The normalized spacial score (nSPS) is 12.7. The van der Waals surface area contributed by atoms with E-state index in [4.69, 9.17) is 19.4 Å². The molecule has 3 aromatic rings. The summed E-state index contributed by atoms with van der Waals surface area (Å²) in [6.07, 6.45) is 3.19. The van der Waals surface area contributed by atoms with Crippen molar-refractivity contribution < 1.29 is 9.47 Å². The molecule has 0 fully saturated rings. The van der Waals surface area contributed by atoms with Crippen molar-refractivity contribution in [2.45, 2.75) is 53.0 Å². The van der Waals surface area contributed by atoms with Gasteiger partial charge in [-0.2, -0.15) is 0 Å². The molecule has 0 radical (unpaired) electrons. The van der Waals surface area contributed by atoms with Crippen LogP contribution in [-0.2, 0) is 4.74 Å². The van der Waals surface area contributed by atoms with Crippen LogP contribution in [0.5, 0.6) is 5.88 Å². The highest BCUT2D eigenvalue weighted by Crippen LogP contribution is 2.34. The maximum atomic E-state index is 5.61. The van der Waals surface area contributed by atoms with Gasteiger partial charge in [0.25, 0.3) is 0 Å². The maximum absolute atomic E-state index is 5.61. The Bertz CT molecular complexity index is 976. The highest BCUT2D eigenvalue weighted by Gasteiger charge is 2.19. The summed E-state index contributed by atoms with van der Waals surface area (Å²) in [5, 5.41) is 0. The van der Waals surface area contributed by atoms with Gasteiger partial charge in [0, 0.05) is 19.0 Å². The molecule has 0 saturated carbocycles. The number of fused-ring (bicyclic) bond motifs is 1. The SMILES string of the molecule is CC[C@H](COC)n1cc(C)c2nc(-c3ccc(C(C)C)nc3OC)c(C)cc21. The van der Waals surface area contributed by atoms with Crippen molar-refractivity contribution in [3.63, 3.8) is 0 Å². The number of ether oxygens (including phenoxy) is 2. The van der Waals surface area contributed by atoms with Gasteiger partial charge >= 0.3 is 0 Å². The van der Waals surface area contributed by atoms with Crippen LogP contribution in [0.25, 0.3) is 22.3 Å². The molecular weight excluding hydrogens is 350 g/mol. The number of rotatable bonds is 7. The number of pyridine rings is 2. The van der Waals surface area contributed by atoms with Crippen LogP contribution in [0.2, 0.25) is 0 Å². The Hall–Kier alpha value is -2.40. The largest absolute Gasteiger partial charge is 0.480 e. The summed E-state index contributed by atoms with van der Waals surface area (Å²) >= 11 is 0. The maximum Gasteiger partial charge on any atom is 0.222 e. The Kier molecular flexibility index (Phi) is 6.04. The van der Waals surface area contributed by atoms with Crippen LogP contribution in [0.4, 0.5) is 0 Å². The zero-order chi connectivity index (χ0) is 20.4. The lowest BCUT2D eigenvalue weighted by atomic mass is 10.0. The van der Waals surface area contributed by atoms with Gasteiger partial charge in [-0.15, -0.1) is 0 Å². The average Bonchev–Trinajstić information content (AvgIpc) is 3.00. The molecule has 3 rings (SSSR count). The Morgan fingerprint density at radius 2 is 1.82 bits per heavy atom. The van der Waals surface area contributed by atoms with Gasteiger partial charge in [-0.05, 0) is 55.5 Å². The number of hydrogen-bond donors (Lipinski definition) is 0. The van der Waals surface area contributed by atoms with E-state index in [1.165, 1.54) is 0 Å². The molecule has 5 heteroatoms. The molecule has 1 atom stereocenters. The minimum atomic E-state index is 0.301. The molecule has 0 aromatic carbocycles. The first-order valence-electron chi connectivity index (χ1n) is 9.94. The van der Waals surface area contributed by atoms with Crippen molar-refractivity contribution in [3.8, 4) is 17.1 Å². The zero-order valence-corrected chi connectivity index (χ0v) is 18.0. The summed E-state index contributed by atoms with van der Waals surface area (Å²) in [4.78, 5) is 9.74. The molecule has 0 saturated heterocycles. The second kappa shape index (κ2) is 8.31. The third-order valence-electron chi connectivity index (χ3n) is 5.32. The van der Waals surface area contributed by atoms with E-state index >= 15 is 0 Å². The summed E-state index contributed by atoms with van der Waals surface area (Å²) in [6.45, 7) is 11.4. The molecule has 3 heterocycles. The van der Waals surface area contributed by atoms with Crippen molar-refractivity contribution in [1.29, 1.82) is 0 Å². The van der Waals surface area contributed by atoms with Crippen LogP contribution < -0.4 is 4.74 Å². The molecule has 5 nitrogen and oxygen atoms in total. The van der Waals surface area contributed by atoms with E-state index in [2.05, 4.69) is 63.6 Å². The number of methoxy groups -OCH3 is 2. The predicted octanol–water partition coefficient (Wildman–Crippen LogP) is 5.44. The highest BCUT2D eigenvalue weighted by atomic mass is 16.5. The highest BCUT2D eigenvalue weighted by molar-refractivity contribution is 5.85. The van der Waals surface area contributed by atoms with Gasteiger partial charge in [0.2, 0.25) is 5.88 Å². The predicted molar refractivity (Wildman–Crippen MR) is 114 cm³/mol. The fourth-order valence-corrected chi connectivity index (χ4v) is 3.70. The number of aromatic nitrogens is 3. The number of nitrogens with zero attached hydrogens (tertiary/aromatic N) is 3. The van der Waals surface area contributed by atoms with Gasteiger partial charge in [0.15, 0.2) is 0 Å². The monoisotopic (exact) mass is 381 g/mol. The fourth-order valence-electron chi connectivity index (χ4n) is 3.70. The Morgan fingerprint density at radius 1 is 1.07 bits per heavy atom. The molecule has 0 N–H and O–H groups in total. The van der Waals surface area contributed by atoms with Crippen molar-refractivity contribution >= 4 is 11.0 Å². The summed E-state index contributed by atoms with van der Waals surface area (Å²) in [5.74, 6) is 0.978. The van der Waals surface area contributed by atoms with E-state index in [1.54, 1.807) is 14.2 Å². The van der Waals surface area contributed by atoms with Crippen molar-refractivity contribution in [3.05, 3.63) is 41.2 Å². The van der Waals surface area contributed by atoms with E-state index < -0.39 is 0 Å². The second-order valence-electron chi connectivity index (χ2n) is 7.71. The third kappa shape index (κ3) is 3.63. The first-order valence-corrected chi connectivity index (χ1v) is 9.94. The Balaban J connectivity index is 2.17. The molecule has 0 amide bonds. The zero-order valence-electron chi connectivity index (χ0n) is 18.0. The van der Waals surface area contributed by atoms with Gasteiger partial charge in [0.05, 0.1) is 42.0 Å². The van der Waals surface area contributed by atoms with E-state index in [0.29, 0.717) is 24.4 Å². The van der Waals surface area contributed by atoms with Crippen molar-refractivity contribution in [1.82, 2.24) is 14.5 Å². The minimum absolute atomic E-state index is 0.301. The van der Waals surface area contributed by atoms with E-state index in [0.717, 1.165) is 45.5 Å². The second-order valence-corrected chi connectivity index (χ2v) is 7.71. The standard InChI is InChI=1S/C23H31N3O2/c1-8-17(13-27-6)26-12-16(5)22-20(26)11-15(4)21(25-22)18-9-10-19(14(2)3)24-23(18)28-7/h9-12,14,17H,8,13H2,1-7H3/t17-/m1/s1. The molecule has 0 bridgehead atoms. The number of hydrogen-bond acceptors (Lipinski definition) is 4.